The van der Waals surface area contributed by atoms with Crippen LogP contribution in [0.15, 0.2) is 49.3 Å². The van der Waals surface area contributed by atoms with E-state index >= 15 is 4.39 Å². The van der Waals surface area contributed by atoms with Gasteiger partial charge in [-0.3, -0.25) is 0 Å². The molecule has 0 bridgehead atoms. The van der Waals surface area contributed by atoms with Gasteiger partial charge in [0.2, 0.25) is 22.6 Å². The van der Waals surface area contributed by atoms with Crippen LogP contribution in [0.4, 0.5) is 49.1 Å². The van der Waals surface area contributed by atoms with Gasteiger partial charge in [-0.1, -0.05) is 27.7 Å². The van der Waals surface area contributed by atoms with Crippen LogP contribution in [0.25, 0.3) is 21.1 Å². The van der Waals surface area contributed by atoms with Crippen LogP contribution in [-0.2, 0) is 0 Å². The van der Waals surface area contributed by atoms with Gasteiger partial charge in [-0.05, 0) is 161 Å². The fourth-order valence-corrected chi connectivity index (χ4v) is 9.79. The van der Waals surface area contributed by atoms with Crippen LogP contribution in [0, 0.1) is 24.8 Å². The summed E-state index contributed by atoms with van der Waals surface area (Å²) < 4.78 is 31.4. The maximum atomic E-state index is 15.1. The molecule has 0 saturated carbocycles. The van der Waals surface area contributed by atoms with Crippen molar-refractivity contribution in [3.63, 3.8) is 0 Å². The van der Waals surface area contributed by atoms with Crippen LogP contribution in [0.3, 0.4) is 0 Å². The minimum atomic E-state index is -0.445. The number of hydrogen-bond acceptors (Lipinski definition) is 16. The van der Waals surface area contributed by atoms with Gasteiger partial charge in [0, 0.05) is 46.6 Å². The van der Waals surface area contributed by atoms with Gasteiger partial charge in [-0.25, -0.2) is 47.8 Å². The van der Waals surface area contributed by atoms with E-state index < -0.39 is 11.6 Å². The zero-order chi connectivity index (χ0) is 52.1. The molecule has 2 saturated heterocycles. The van der Waals surface area contributed by atoms with Crippen LogP contribution >= 0.6 is 11.6 Å². The second kappa shape index (κ2) is 21.5. The molecule has 0 aliphatic carbocycles. The molecule has 0 unspecified atom stereocenters. The Balaban J connectivity index is 0.000000193. The van der Waals surface area contributed by atoms with E-state index in [0.717, 1.165) is 36.8 Å². The van der Waals surface area contributed by atoms with Gasteiger partial charge < -0.3 is 32.3 Å². The maximum absolute atomic E-state index is 15.1. The minimum absolute atomic E-state index is 0.0362. The van der Waals surface area contributed by atoms with E-state index in [9.17, 15) is 4.39 Å². The van der Waals surface area contributed by atoms with Crippen LogP contribution < -0.4 is 32.3 Å². The van der Waals surface area contributed by atoms with E-state index in [1.165, 1.54) is 46.5 Å². The van der Waals surface area contributed by atoms with Crippen molar-refractivity contribution in [2.45, 2.75) is 155 Å². The zero-order valence-electron chi connectivity index (χ0n) is 42.2. The highest BCUT2D eigenvalue weighted by molar-refractivity contribution is 6.28. The molecule has 0 amide bonds. The molecule has 376 valence electrons. The Morgan fingerprint density at radius 2 is 1.11 bits per heavy atom. The van der Waals surface area contributed by atoms with E-state index in [1.807, 2.05) is 27.7 Å². The van der Waals surface area contributed by atoms with Gasteiger partial charge in [-0.15, -0.1) is 10.2 Å². The monoisotopic (exact) mass is 993 g/mol. The first-order valence-corrected chi connectivity index (χ1v) is 23.6. The average molecular weight is 994 g/mol. The number of rotatable bonds is 10. The summed E-state index contributed by atoms with van der Waals surface area (Å²) in [5.41, 5.74) is 9.42. The number of hydrogen-bond donors (Lipinski definition) is 6. The first-order chi connectivity index (χ1) is 33.3. The van der Waals surface area contributed by atoms with Crippen LogP contribution in [0.5, 0.6) is 0 Å². The van der Waals surface area contributed by atoms with E-state index in [-0.39, 0.29) is 68.7 Å². The van der Waals surface area contributed by atoms with Crippen molar-refractivity contribution < 1.29 is 8.78 Å². The lowest BCUT2D eigenvalue weighted by molar-refractivity contribution is 0.170. The zero-order valence-corrected chi connectivity index (χ0v) is 43.0. The predicted molar refractivity (Wildman–Crippen MR) is 272 cm³/mol. The standard InChI is InChI=1S/C24H31FN10.C14H20ClN5.C10H12FN5/c1-14(2)16-8-17(25)18(9-20(16)35-13-28-33-34-35)30-22-27-12-19(26-7)21(31-22)29-15-10-23(3,4)32-24(5,6)11-15;1-13(2)6-9(7-14(3,4)20-13)18-11-10(16-5)8-17-12(15)19-11;1-6(2)7-3-8(11)9(12)4-10(7)16-5-13-14-15-16/h8-9,12-15,32H,10-11H2,1-6H3,(H2,27,29,30,31);8-9,20H,6-7H2,1-4H3,(H,17,18,19);3-6H,12H2,1-2H3. The Labute approximate surface area is 418 Å². The fourth-order valence-electron chi connectivity index (χ4n) is 9.65. The number of anilines is 5. The van der Waals surface area contributed by atoms with Crippen molar-refractivity contribution in [3.05, 3.63) is 100 Å². The summed E-state index contributed by atoms with van der Waals surface area (Å²) in [6, 6.07) is 6.43. The summed E-state index contributed by atoms with van der Waals surface area (Å²) in [5.74, 6) is 0.497. The lowest BCUT2D eigenvalue weighted by Gasteiger charge is -2.46. The van der Waals surface area contributed by atoms with Crippen LogP contribution in [0.2, 0.25) is 5.28 Å². The number of nitrogen functional groups attached to an aromatic ring is 1. The van der Waals surface area contributed by atoms with Crippen molar-refractivity contribution in [3.8, 4) is 11.4 Å². The minimum Gasteiger partial charge on any atom is -0.396 e. The summed E-state index contributed by atoms with van der Waals surface area (Å²) >= 11 is 5.83. The Bertz CT molecular complexity index is 2840. The van der Waals surface area contributed by atoms with Gasteiger partial charge in [-0.2, -0.15) is 0 Å². The van der Waals surface area contributed by atoms with E-state index in [2.05, 4.69) is 143 Å². The number of nitrogens with one attached hydrogen (secondary N) is 5. The predicted octanol–water partition coefficient (Wildman–Crippen LogP) is 9.64. The van der Waals surface area contributed by atoms with Gasteiger partial charge in [0.05, 0.1) is 35.9 Å². The van der Waals surface area contributed by atoms with Gasteiger partial charge in [0.15, 0.2) is 0 Å². The molecular weight excluding hydrogens is 930 g/mol. The average Bonchev–Trinajstić information content (AvgIpc) is 4.00. The number of nitrogens with two attached hydrogens (primary N) is 1. The molecule has 6 heterocycles. The Morgan fingerprint density at radius 1 is 0.676 bits per heavy atom. The second-order valence-corrected chi connectivity index (χ2v) is 21.4. The third kappa shape index (κ3) is 14.1. The van der Waals surface area contributed by atoms with Crippen LogP contribution in [0.1, 0.15) is 132 Å². The molecule has 20 nitrogen and oxygen atoms in total. The van der Waals surface area contributed by atoms with Crippen molar-refractivity contribution in [1.82, 2.24) is 71.0 Å². The Hall–Kier alpha value is -7.01. The summed E-state index contributed by atoms with van der Waals surface area (Å²) in [5, 5.41) is 39.4. The van der Waals surface area contributed by atoms with Crippen molar-refractivity contribution >= 4 is 51.9 Å². The molecule has 0 atom stereocenters. The molecule has 23 heteroatoms. The molecule has 0 spiro atoms. The smallest absolute Gasteiger partial charge is 0.246 e. The van der Waals surface area contributed by atoms with E-state index in [0.29, 0.717) is 34.4 Å². The normalized spacial score (nSPS) is 16.9. The third-order valence-corrected chi connectivity index (χ3v) is 11.9. The van der Waals surface area contributed by atoms with Crippen molar-refractivity contribution in [2.75, 3.05) is 21.7 Å². The Kier molecular flexibility index (Phi) is 16.2. The highest BCUT2D eigenvalue weighted by atomic mass is 35.5. The second-order valence-electron chi connectivity index (χ2n) is 21.1. The first kappa shape index (κ1) is 53.3. The highest BCUT2D eigenvalue weighted by Crippen LogP contribution is 2.36. The number of piperidine rings is 2. The largest absolute Gasteiger partial charge is 0.396 e. The summed E-state index contributed by atoms with van der Waals surface area (Å²) in [4.78, 5) is 23.8. The van der Waals surface area contributed by atoms with Gasteiger partial charge in [0.1, 0.15) is 35.9 Å². The number of halogens is 3. The molecule has 2 aromatic carbocycles. The lowest BCUT2D eigenvalue weighted by atomic mass is 9.79. The van der Waals surface area contributed by atoms with Crippen molar-refractivity contribution in [2.24, 2.45) is 0 Å². The summed E-state index contributed by atoms with van der Waals surface area (Å²) in [6.07, 6.45) is 9.46. The maximum Gasteiger partial charge on any atom is 0.246 e. The van der Waals surface area contributed by atoms with E-state index in [1.54, 1.807) is 12.1 Å². The topological polar surface area (TPSA) is 234 Å². The number of nitrogens with zero attached hydrogens (tertiary/aromatic N) is 14. The molecular formula is C48H63ClF2N20. The van der Waals surface area contributed by atoms with Gasteiger partial charge in [0.25, 0.3) is 0 Å². The van der Waals surface area contributed by atoms with Crippen molar-refractivity contribution in [1.29, 1.82) is 0 Å². The van der Waals surface area contributed by atoms with Crippen LogP contribution in [-0.4, -0.2) is 94.6 Å². The molecule has 2 fully saturated rings. The molecule has 0 radical (unpaired) electrons. The third-order valence-electron chi connectivity index (χ3n) is 11.8. The summed E-state index contributed by atoms with van der Waals surface area (Å²) in [7, 11) is 0. The first-order valence-electron chi connectivity index (χ1n) is 23.2. The molecule has 2 aliphatic rings. The van der Waals surface area contributed by atoms with E-state index in [4.69, 9.17) is 30.5 Å². The molecule has 2 aliphatic heterocycles. The summed E-state index contributed by atoms with van der Waals surface area (Å²) in [6.45, 7) is 40.0. The number of benzene rings is 2. The Morgan fingerprint density at radius 3 is 1.55 bits per heavy atom. The number of tetrazole rings is 2. The molecule has 8 rings (SSSR count). The fraction of sp³-hybridized carbons (Fsp3) is 0.500. The molecule has 6 aromatic rings. The number of aromatic nitrogens is 12. The quantitative estimate of drug-likeness (QED) is 0.0426. The lowest BCUT2D eigenvalue weighted by Crippen LogP contribution is -2.60. The SMILES string of the molecule is CC(C)c1cc(F)c(N)cc1-n1cnnn1.[C-]#[N+]c1cnc(Cl)nc1NC1CC(C)(C)NC(C)(C)C1.[C-]#[N+]c1cnc(Nc2cc(-n3cnnn3)c(C(C)C)cc2F)nc1NC1CC(C)(C)NC(C)(C)C1. The highest BCUT2D eigenvalue weighted by Gasteiger charge is 2.39. The molecule has 7 N–H and O–H groups in total. The molecule has 4 aromatic heterocycles. The molecule has 71 heavy (non-hydrogen) atoms. The van der Waals surface area contributed by atoms with Gasteiger partial charge >= 0.3 is 0 Å².